The van der Waals surface area contributed by atoms with Gasteiger partial charge in [-0.25, -0.2) is 0 Å². The number of hydrogen-bond acceptors (Lipinski definition) is 0. The molecule has 2 nitrogen and oxygen atoms in total. The van der Waals surface area contributed by atoms with Gasteiger partial charge in [-0.1, -0.05) is 127 Å². The first-order valence-electron chi connectivity index (χ1n) is 13.2. The van der Waals surface area contributed by atoms with Gasteiger partial charge in [0.05, 0.1) is 11.8 Å². The van der Waals surface area contributed by atoms with Crippen molar-refractivity contribution in [3.05, 3.63) is 101 Å². The molecule has 0 fully saturated rings. The molecule has 0 aliphatic rings. The van der Waals surface area contributed by atoms with E-state index in [1.807, 2.05) is 0 Å². The predicted molar refractivity (Wildman–Crippen MR) is 149 cm³/mol. The Balaban J connectivity index is 2.15. The number of hydrogen-bond donors (Lipinski definition) is 0. The number of aromatic nitrogens is 2. The monoisotopic (exact) mass is 465 g/mol. The Morgan fingerprint density at radius 2 is 0.971 bits per heavy atom. The van der Waals surface area contributed by atoms with E-state index < -0.39 is 0 Å². The molecule has 3 aromatic carbocycles. The highest BCUT2D eigenvalue weighted by Gasteiger charge is 2.30. The molecule has 4 aromatic rings. The number of rotatable bonds is 7. The van der Waals surface area contributed by atoms with Crippen molar-refractivity contribution in [2.45, 2.75) is 79.1 Å². The van der Waals surface area contributed by atoms with E-state index in [0.717, 1.165) is 0 Å². The van der Waals surface area contributed by atoms with Gasteiger partial charge in [0.2, 0.25) is 11.9 Å². The molecular formula is C33H41N2+. The molecule has 0 aliphatic carbocycles. The fourth-order valence-electron chi connectivity index (χ4n) is 5.10. The second-order valence-electron chi connectivity index (χ2n) is 11.0. The van der Waals surface area contributed by atoms with Crippen LogP contribution < -0.4 is 4.68 Å². The zero-order valence-electron chi connectivity index (χ0n) is 22.7. The molecule has 4 rings (SSSR count). The molecule has 0 saturated heterocycles. The lowest BCUT2D eigenvalue weighted by Crippen LogP contribution is -2.42. The predicted octanol–water partition coefficient (Wildman–Crippen LogP) is 8.91. The van der Waals surface area contributed by atoms with Crippen LogP contribution in [-0.2, 0) is 0 Å². The van der Waals surface area contributed by atoms with Gasteiger partial charge in [0, 0.05) is 11.1 Å². The Labute approximate surface area is 212 Å². The van der Waals surface area contributed by atoms with E-state index in [2.05, 4.69) is 144 Å². The third-order valence-corrected chi connectivity index (χ3v) is 7.01. The summed E-state index contributed by atoms with van der Waals surface area (Å²) in [7, 11) is 0. The van der Waals surface area contributed by atoms with Crippen LogP contribution in [0.4, 0.5) is 0 Å². The lowest BCUT2D eigenvalue weighted by molar-refractivity contribution is -0.675. The van der Waals surface area contributed by atoms with Crippen LogP contribution in [0.1, 0.15) is 101 Å². The Morgan fingerprint density at radius 3 is 1.43 bits per heavy atom. The molecule has 1 aromatic heterocycles. The maximum absolute atomic E-state index is 2.43. The van der Waals surface area contributed by atoms with E-state index in [4.69, 9.17) is 0 Å². The van der Waals surface area contributed by atoms with Crippen LogP contribution in [0.5, 0.6) is 0 Å². The molecule has 0 saturated carbocycles. The normalized spacial score (nSPS) is 11.9. The highest BCUT2D eigenvalue weighted by molar-refractivity contribution is 5.62. The summed E-state index contributed by atoms with van der Waals surface area (Å²) < 4.78 is 4.86. The van der Waals surface area contributed by atoms with Crippen molar-refractivity contribution in [2.75, 3.05) is 0 Å². The maximum Gasteiger partial charge on any atom is 0.243 e. The molecule has 0 amide bonds. The first kappa shape index (κ1) is 25.0. The summed E-state index contributed by atoms with van der Waals surface area (Å²) in [5.74, 6) is 1.68. The zero-order valence-corrected chi connectivity index (χ0v) is 22.7. The molecule has 0 bridgehead atoms. The second kappa shape index (κ2) is 10.2. The van der Waals surface area contributed by atoms with Gasteiger partial charge in [0.25, 0.3) is 0 Å². The largest absolute Gasteiger partial charge is 0.243 e. The van der Waals surface area contributed by atoms with E-state index in [-0.39, 0.29) is 0 Å². The molecule has 0 unspecified atom stereocenters. The molecule has 35 heavy (non-hydrogen) atoms. The van der Waals surface area contributed by atoms with Gasteiger partial charge in [-0.05, 0) is 40.4 Å². The average Bonchev–Trinajstić information content (AvgIpc) is 3.28. The quantitative estimate of drug-likeness (QED) is 0.241. The summed E-state index contributed by atoms with van der Waals surface area (Å²) in [4.78, 5) is 0. The van der Waals surface area contributed by atoms with Gasteiger partial charge in [-0.2, -0.15) is 0 Å². The summed E-state index contributed by atoms with van der Waals surface area (Å²) in [6, 6.07) is 24.4. The zero-order chi connectivity index (χ0) is 25.3. The smallest absolute Gasteiger partial charge is 0.121 e. The molecule has 182 valence electrons. The summed E-state index contributed by atoms with van der Waals surface area (Å²) in [6.45, 7) is 18.4. The van der Waals surface area contributed by atoms with Crippen molar-refractivity contribution in [3.8, 4) is 22.5 Å². The molecule has 0 aliphatic heterocycles. The average molecular weight is 466 g/mol. The first-order valence-corrected chi connectivity index (χ1v) is 13.2. The van der Waals surface area contributed by atoms with E-state index in [0.29, 0.717) is 23.7 Å². The van der Waals surface area contributed by atoms with Gasteiger partial charge in [-0.3, -0.25) is 0 Å². The SMILES string of the molecule is CC(C)c1cccc(C(C)C)c1-n1cc(-c2ccccc2)c[n+]1-c1c(C(C)C)cccc1C(C)C. The van der Waals surface area contributed by atoms with Crippen molar-refractivity contribution in [1.29, 1.82) is 0 Å². The Kier molecular flexibility index (Phi) is 7.31. The number of nitrogens with zero attached hydrogens (tertiary/aromatic N) is 2. The van der Waals surface area contributed by atoms with Gasteiger partial charge in [0.15, 0.2) is 0 Å². The minimum atomic E-state index is 0.421. The van der Waals surface area contributed by atoms with Crippen LogP contribution in [0, 0.1) is 0 Å². The third kappa shape index (κ3) is 4.85. The topological polar surface area (TPSA) is 8.81 Å². The number of benzene rings is 3. The van der Waals surface area contributed by atoms with E-state index >= 15 is 0 Å². The van der Waals surface area contributed by atoms with Crippen molar-refractivity contribution in [2.24, 2.45) is 0 Å². The molecule has 0 N–H and O–H groups in total. The van der Waals surface area contributed by atoms with Crippen LogP contribution in [0.15, 0.2) is 79.1 Å². The lowest BCUT2D eigenvalue weighted by Gasteiger charge is -2.20. The van der Waals surface area contributed by atoms with E-state index in [1.165, 1.54) is 44.8 Å². The molecule has 2 heteroatoms. The fraction of sp³-hybridized carbons (Fsp3) is 0.364. The van der Waals surface area contributed by atoms with Crippen molar-refractivity contribution in [3.63, 3.8) is 0 Å². The minimum Gasteiger partial charge on any atom is -0.121 e. The first-order chi connectivity index (χ1) is 16.7. The van der Waals surface area contributed by atoms with Crippen LogP contribution in [0.25, 0.3) is 22.5 Å². The van der Waals surface area contributed by atoms with Crippen molar-refractivity contribution >= 4 is 0 Å². The lowest BCUT2D eigenvalue weighted by atomic mass is 9.92. The van der Waals surface area contributed by atoms with Crippen LogP contribution in [0.3, 0.4) is 0 Å². The number of para-hydroxylation sites is 2. The van der Waals surface area contributed by atoms with Crippen LogP contribution in [-0.4, -0.2) is 4.68 Å². The molecular weight excluding hydrogens is 424 g/mol. The third-order valence-electron chi connectivity index (χ3n) is 7.01. The van der Waals surface area contributed by atoms with Gasteiger partial charge < -0.3 is 0 Å². The van der Waals surface area contributed by atoms with Crippen LogP contribution >= 0.6 is 0 Å². The van der Waals surface area contributed by atoms with Gasteiger partial charge in [-0.15, -0.1) is 4.68 Å². The second-order valence-corrected chi connectivity index (χ2v) is 11.0. The highest BCUT2D eigenvalue weighted by Crippen LogP contribution is 2.34. The molecule has 0 atom stereocenters. The van der Waals surface area contributed by atoms with Crippen LogP contribution in [0.2, 0.25) is 0 Å². The Morgan fingerprint density at radius 1 is 0.514 bits per heavy atom. The van der Waals surface area contributed by atoms with Gasteiger partial charge >= 0.3 is 0 Å². The Bertz CT molecular complexity index is 1160. The summed E-state index contributed by atoms with van der Waals surface area (Å²) in [5, 5.41) is 0. The summed E-state index contributed by atoms with van der Waals surface area (Å²) in [6.07, 6.45) is 4.67. The van der Waals surface area contributed by atoms with Crippen molar-refractivity contribution < 1.29 is 4.68 Å². The minimum absolute atomic E-state index is 0.421. The maximum atomic E-state index is 2.43. The van der Waals surface area contributed by atoms with Crippen molar-refractivity contribution in [1.82, 2.24) is 4.68 Å². The van der Waals surface area contributed by atoms with E-state index in [9.17, 15) is 0 Å². The standard InChI is InChI=1S/C33H41N2/c1-22(2)28-16-12-17-29(23(3)4)32(28)34-20-27(26-14-10-9-11-15-26)21-35(34)33-30(24(5)6)18-13-19-31(33)25(7)8/h9-25H,1-8H3/q+1. The molecule has 1 heterocycles. The summed E-state index contributed by atoms with van der Waals surface area (Å²) >= 11 is 0. The Hall–Kier alpha value is -3.13. The molecule has 0 spiro atoms. The summed E-state index contributed by atoms with van der Waals surface area (Å²) in [5.41, 5.74) is 10.6. The fourth-order valence-corrected chi connectivity index (χ4v) is 5.10. The van der Waals surface area contributed by atoms with E-state index in [1.54, 1.807) is 0 Å². The highest BCUT2D eigenvalue weighted by atomic mass is 15.4. The molecule has 0 radical (unpaired) electrons. The van der Waals surface area contributed by atoms with Gasteiger partial charge in [0.1, 0.15) is 5.69 Å².